The molecule has 2 amide bonds. The number of rotatable bonds is 5. The normalized spacial score (nSPS) is 17.1. The first kappa shape index (κ1) is 20.4. The van der Waals surface area contributed by atoms with Gasteiger partial charge in [-0.25, -0.2) is 13.4 Å². The molecule has 3 rings (SSSR count). The zero-order chi connectivity index (χ0) is 20.3. The second-order valence-electron chi connectivity index (χ2n) is 6.50. The quantitative estimate of drug-likeness (QED) is 0.721. The molecule has 1 unspecified atom stereocenters. The monoisotopic (exact) mass is 422 g/mol. The maximum absolute atomic E-state index is 12.5. The van der Waals surface area contributed by atoms with Crippen LogP contribution in [-0.4, -0.2) is 71.6 Å². The van der Waals surface area contributed by atoms with E-state index in [1.807, 2.05) is 29.2 Å². The minimum Gasteiger partial charge on any atom is -0.341 e. The summed E-state index contributed by atoms with van der Waals surface area (Å²) in [7, 11) is -3.06. The number of thioether (sulfide) groups is 1. The number of hydrogen-bond acceptors (Lipinski definition) is 6. The molecule has 1 fully saturated rings. The maximum Gasteiger partial charge on any atom is 0.251 e. The highest BCUT2D eigenvalue weighted by atomic mass is 32.2. The maximum atomic E-state index is 12.5. The molecule has 0 aliphatic carbocycles. The van der Waals surface area contributed by atoms with Gasteiger partial charge in [-0.2, -0.15) is 0 Å². The van der Waals surface area contributed by atoms with Crippen LogP contribution in [0.4, 0.5) is 0 Å². The van der Waals surface area contributed by atoms with Crippen molar-refractivity contribution in [3.63, 3.8) is 0 Å². The number of carbonyl (C=O) groups is 2. The van der Waals surface area contributed by atoms with Gasteiger partial charge < -0.3 is 10.2 Å². The molecule has 10 heteroatoms. The van der Waals surface area contributed by atoms with E-state index in [4.69, 9.17) is 0 Å². The van der Waals surface area contributed by atoms with Crippen LogP contribution in [0.3, 0.4) is 0 Å². The van der Waals surface area contributed by atoms with Gasteiger partial charge in [0.15, 0.2) is 15.0 Å². The summed E-state index contributed by atoms with van der Waals surface area (Å²) >= 11 is 1.53. The highest BCUT2D eigenvalue weighted by molar-refractivity contribution is 7.98. The Bertz CT molecular complexity index is 956. The second kappa shape index (κ2) is 8.36. The summed E-state index contributed by atoms with van der Waals surface area (Å²) in [6.07, 6.45) is 5.50. The van der Waals surface area contributed by atoms with Gasteiger partial charge in [0.2, 0.25) is 5.91 Å². The summed E-state index contributed by atoms with van der Waals surface area (Å²) in [4.78, 5) is 30.7. The van der Waals surface area contributed by atoms with Crippen LogP contribution >= 0.6 is 11.8 Å². The van der Waals surface area contributed by atoms with E-state index in [2.05, 4.69) is 10.3 Å². The van der Waals surface area contributed by atoms with Gasteiger partial charge >= 0.3 is 0 Å². The van der Waals surface area contributed by atoms with E-state index >= 15 is 0 Å². The van der Waals surface area contributed by atoms with E-state index in [0.29, 0.717) is 5.56 Å². The molecule has 150 valence electrons. The number of aromatic nitrogens is 2. The van der Waals surface area contributed by atoms with Crippen molar-refractivity contribution < 1.29 is 18.0 Å². The van der Waals surface area contributed by atoms with Crippen LogP contribution in [0.1, 0.15) is 17.3 Å². The summed E-state index contributed by atoms with van der Waals surface area (Å²) in [6, 6.07) is 6.29. The van der Waals surface area contributed by atoms with Crippen LogP contribution in [0.15, 0.2) is 41.8 Å². The number of carbonyl (C=O) groups excluding carboxylic acids is 2. The highest BCUT2D eigenvalue weighted by Crippen LogP contribution is 2.18. The van der Waals surface area contributed by atoms with Crippen molar-refractivity contribution in [2.45, 2.75) is 18.1 Å². The van der Waals surface area contributed by atoms with Crippen molar-refractivity contribution in [3.05, 3.63) is 42.2 Å². The Morgan fingerprint density at radius 3 is 2.43 bits per heavy atom. The van der Waals surface area contributed by atoms with Gasteiger partial charge in [0, 0.05) is 36.7 Å². The summed E-state index contributed by atoms with van der Waals surface area (Å²) in [5.74, 6) is -0.698. The standard InChI is InChI=1S/C18H22N4O4S2/c1-13(17(24)21-9-11-28(25,26)12-10-21)20-16(23)14-3-5-15(6-4-14)22-8-7-19-18(22)27-2/h3-8,13H,9-12H2,1-2H3,(H,20,23). The zero-order valence-corrected chi connectivity index (χ0v) is 17.3. The van der Waals surface area contributed by atoms with E-state index in [-0.39, 0.29) is 36.4 Å². The van der Waals surface area contributed by atoms with Crippen molar-refractivity contribution in [1.82, 2.24) is 19.8 Å². The molecule has 0 bridgehead atoms. The average Bonchev–Trinajstić information content (AvgIpc) is 3.16. The number of benzene rings is 1. The van der Waals surface area contributed by atoms with Gasteiger partial charge in [0.05, 0.1) is 11.5 Å². The summed E-state index contributed by atoms with van der Waals surface area (Å²) in [5, 5.41) is 3.54. The van der Waals surface area contributed by atoms with E-state index < -0.39 is 15.9 Å². The molecule has 2 aromatic rings. The Kier molecular flexibility index (Phi) is 6.09. The fourth-order valence-electron chi connectivity index (χ4n) is 2.96. The van der Waals surface area contributed by atoms with Crippen LogP contribution < -0.4 is 5.32 Å². The largest absolute Gasteiger partial charge is 0.341 e. The van der Waals surface area contributed by atoms with Gasteiger partial charge in [-0.15, -0.1) is 0 Å². The second-order valence-corrected chi connectivity index (χ2v) is 9.58. The lowest BCUT2D eigenvalue weighted by Crippen LogP contribution is -2.51. The molecule has 1 aromatic heterocycles. The lowest BCUT2D eigenvalue weighted by atomic mass is 10.1. The SMILES string of the molecule is CSc1nccn1-c1ccc(C(=O)NC(C)C(=O)N2CCS(=O)(=O)CC2)cc1. The van der Waals surface area contributed by atoms with E-state index in [0.717, 1.165) is 10.8 Å². The molecule has 1 aliphatic heterocycles. The van der Waals surface area contributed by atoms with E-state index in [1.165, 1.54) is 16.7 Å². The first-order valence-corrected chi connectivity index (χ1v) is 11.8. The minimum atomic E-state index is -3.06. The highest BCUT2D eigenvalue weighted by Gasteiger charge is 2.28. The molecular weight excluding hydrogens is 400 g/mol. The summed E-state index contributed by atoms with van der Waals surface area (Å²) in [5.41, 5.74) is 1.33. The van der Waals surface area contributed by atoms with Crippen molar-refractivity contribution in [2.75, 3.05) is 30.9 Å². The van der Waals surface area contributed by atoms with Crippen LogP contribution in [-0.2, 0) is 14.6 Å². The molecule has 1 aliphatic rings. The zero-order valence-electron chi connectivity index (χ0n) is 15.7. The van der Waals surface area contributed by atoms with Gasteiger partial charge in [-0.05, 0) is 37.4 Å². The Balaban J connectivity index is 1.62. The molecular formula is C18H22N4O4S2. The Labute approximate surface area is 168 Å². The first-order chi connectivity index (χ1) is 13.3. The van der Waals surface area contributed by atoms with Gasteiger partial charge in [-0.1, -0.05) is 11.8 Å². The lowest BCUT2D eigenvalue weighted by Gasteiger charge is -2.29. The molecule has 1 N–H and O–H groups in total. The smallest absolute Gasteiger partial charge is 0.251 e. The third kappa shape index (κ3) is 4.56. The predicted molar refractivity (Wildman–Crippen MR) is 108 cm³/mol. The van der Waals surface area contributed by atoms with Crippen LogP contribution in [0, 0.1) is 0 Å². The molecule has 1 atom stereocenters. The van der Waals surface area contributed by atoms with Crippen LogP contribution in [0.5, 0.6) is 0 Å². The van der Waals surface area contributed by atoms with Gasteiger partial charge in [0.1, 0.15) is 6.04 Å². The van der Waals surface area contributed by atoms with E-state index in [1.54, 1.807) is 25.3 Å². The third-order valence-electron chi connectivity index (χ3n) is 4.57. The molecule has 1 aromatic carbocycles. The van der Waals surface area contributed by atoms with E-state index in [9.17, 15) is 18.0 Å². The van der Waals surface area contributed by atoms with Crippen LogP contribution in [0.2, 0.25) is 0 Å². The fraction of sp³-hybridized carbons (Fsp3) is 0.389. The number of imidazole rings is 1. The van der Waals surface area contributed by atoms with Crippen molar-refractivity contribution in [2.24, 2.45) is 0 Å². The molecule has 0 saturated carbocycles. The topological polar surface area (TPSA) is 101 Å². The van der Waals surface area contributed by atoms with Crippen molar-refractivity contribution in [1.29, 1.82) is 0 Å². The average molecular weight is 423 g/mol. The number of nitrogens with zero attached hydrogens (tertiary/aromatic N) is 3. The minimum absolute atomic E-state index is 0.0346. The Hall–Kier alpha value is -2.33. The molecule has 8 nitrogen and oxygen atoms in total. The van der Waals surface area contributed by atoms with Crippen molar-refractivity contribution >= 4 is 33.4 Å². The molecule has 1 saturated heterocycles. The fourth-order valence-corrected chi connectivity index (χ4v) is 4.69. The van der Waals surface area contributed by atoms with Gasteiger partial charge in [0.25, 0.3) is 5.91 Å². The molecule has 2 heterocycles. The molecule has 0 radical (unpaired) electrons. The van der Waals surface area contributed by atoms with Crippen molar-refractivity contribution in [3.8, 4) is 5.69 Å². The summed E-state index contributed by atoms with van der Waals surface area (Å²) in [6.45, 7) is 1.94. The molecule has 0 spiro atoms. The Morgan fingerprint density at radius 1 is 1.18 bits per heavy atom. The lowest BCUT2D eigenvalue weighted by molar-refractivity contribution is -0.132. The number of nitrogens with one attached hydrogen (secondary N) is 1. The van der Waals surface area contributed by atoms with Gasteiger partial charge in [-0.3, -0.25) is 14.2 Å². The first-order valence-electron chi connectivity index (χ1n) is 8.78. The Morgan fingerprint density at radius 2 is 1.82 bits per heavy atom. The number of sulfone groups is 1. The molecule has 28 heavy (non-hydrogen) atoms. The predicted octanol–water partition coefficient (Wildman–Crippen LogP) is 0.969. The summed E-state index contributed by atoms with van der Waals surface area (Å²) < 4.78 is 24.9. The number of amides is 2. The number of hydrogen-bond donors (Lipinski definition) is 1. The third-order valence-corrected chi connectivity index (χ3v) is 6.85. The van der Waals surface area contributed by atoms with Crippen LogP contribution in [0.25, 0.3) is 5.69 Å².